The van der Waals surface area contributed by atoms with Gasteiger partial charge in [-0.2, -0.15) is 0 Å². The van der Waals surface area contributed by atoms with Crippen molar-refractivity contribution in [3.05, 3.63) is 58.4 Å². The fourth-order valence-electron chi connectivity index (χ4n) is 2.99. The first kappa shape index (κ1) is 11.4. The molecule has 0 aliphatic rings. The van der Waals surface area contributed by atoms with E-state index in [-0.39, 0.29) is 0 Å². The first-order chi connectivity index (χ1) is 9.88. The number of hydrogen-bond donors (Lipinski definition) is 0. The molecule has 0 amide bonds. The fraction of sp³-hybridized carbons (Fsp3) is 0. The molecule has 5 rings (SSSR count). The Balaban J connectivity index is 2.03. The van der Waals surface area contributed by atoms with Crippen molar-refractivity contribution in [2.24, 2.45) is 0 Å². The van der Waals surface area contributed by atoms with Crippen molar-refractivity contribution in [1.29, 1.82) is 0 Å². The predicted molar refractivity (Wildman–Crippen MR) is 90.3 cm³/mol. The van der Waals surface area contributed by atoms with Crippen LogP contribution >= 0.6 is 0 Å². The van der Waals surface area contributed by atoms with E-state index in [1.54, 1.807) is 0 Å². The van der Waals surface area contributed by atoms with Crippen LogP contribution in [0.4, 0.5) is 0 Å². The summed E-state index contributed by atoms with van der Waals surface area (Å²) in [6.45, 7) is 0. The van der Waals surface area contributed by atoms with Gasteiger partial charge in [-0.25, -0.2) is 0 Å². The second-order valence-electron chi connectivity index (χ2n) is 5.13. The Morgan fingerprint density at radius 2 is 1.30 bits per heavy atom. The van der Waals surface area contributed by atoms with Gasteiger partial charge in [0.25, 0.3) is 0 Å². The summed E-state index contributed by atoms with van der Waals surface area (Å²) in [5, 5.41) is 8.42. The van der Waals surface area contributed by atoms with E-state index in [1.807, 2.05) is 0 Å². The Kier molecular flexibility index (Phi) is 2.33. The van der Waals surface area contributed by atoms with E-state index in [4.69, 9.17) is 0 Å². The van der Waals surface area contributed by atoms with Gasteiger partial charge in [-0.15, -0.1) is 0 Å². The molecular weight excluding hydrogens is 374 g/mol. The molecule has 0 aliphatic carbocycles. The van der Waals surface area contributed by atoms with Crippen molar-refractivity contribution in [2.45, 2.75) is 0 Å². The molecule has 0 radical (unpaired) electrons. The number of hydrogen-bond acceptors (Lipinski definition) is 0. The molecule has 0 nitrogen and oxygen atoms in total. The van der Waals surface area contributed by atoms with Gasteiger partial charge in [-0.1, -0.05) is 0 Å². The van der Waals surface area contributed by atoms with Crippen LogP contribution in [0.25, 0.3) is 40.8 Å². The van der Waals surface area contributed by atoms with E-state index >= 15 is 0 Å². The maximum atomic E-state index is 2.40. The molecule has 94 valence electrons. The van der Waals surface area contributed by atoms with E-state index in [9.17, 15) is 0 Å². The van der Waals surface area contributed by atoms with Crippen LogP contribution in [0.15, 0.2) is 58.4 Å². The summed E-state index contributed by atoms with van der Waals surface area (Å²) in [7, 11) is 0. The summed E-state index contributed by atoms with van der Waals surface area (Å²) < 4.78 is 3.05. The van der Waals surface area contributed by atoms with E-state index in [2.05, 4.69) is 58.4 Å². The zero-order chi connectivity index (χ0) is 13.1. The third kappa shape index (κ3) is 1.54. The minimum absolute atomic E-state index is 0.528. The van der Waals surface area contributed by atoms with Gasteiger partial charge < -0.3 is 0 Å². The Labute approximate surface area is 128 Å². The summed E-state index contributed by atoms with van der Waals surface area (Å²) in [5.41, 5.74) is 0. The molecule has 2 heterocycles. The molecule has 0 bridgehead atoms. The summed E-state index contributed by atoms with van der Waals surface area (Å²) in [6.07, 6.45) is 0. The first-order valence-corrected chi connectivity index (χ1v) is 10.3. The second kappa shape index (κ2) is 4.10. The monoisotopic (exact) mass is 386 g/mol. The third-order valence-corrected chi connectivity index (χ3v) is 7.68. The van der Waals surface area contributed by atoms with Crippen molar-refractivity contribution in [3.63, 3.8) is 0 Å². The van der Waals surface area contributed by atoms with Gasteiger partial charge in [0.1, 0.15) is 0 Å². The second-order valence-corrected chi connectivity index (χ2v) is 9.11. The molecular formula is C18H10Se2. The molecule has 0 spiro atoms. The van der Waals surface area contributed by atoms with E-state index < -0.39 is 0 Å². The summed E-state index contributed by atoms with van der Waals surface area (Å²) in [6, 6.07) is 18.7. The molecule has 2 heteroatoms. The molecule has 5 aromatic rings. The van der Waals surface area contributed by atoms with Gasteiger partial charge in [0.05, 0.1) is 0 Å². The van der Waals surface area contributed by atoms with E-state index in [0.717, 1.165) is 0 Å². The van der Waals surface area contributed by atoms with Crippen molar-refractivity contribution in [2.75, 3.05) is 0 Å². The molecule has 0 N–H and O–H groups in total. The van der Waals surface area contributed by atoms with Crippen LogP contribution in [0.5, 0.6) is 0 Å². The molecule has 0 saturated carbocycles. The van der Waals surface area contributed by atoms with E-state index in [0.29, 0.717) is 29.0 Å². The first-order valence-electron chi connectivity index (χ1n) is 6.59. The summed E-state index contributed by atoms with van der Waals surface area (Å²) >= 11 is 1.06. The molecule has 20 heavy (non-hydrogen) atoms. The molecule has 0 atom stereocenters. The van der Waals surface area contributed by atoms with E-state index in [1.165, 1.54) is 40.8 Å². The van der Waals surface area contributed by atoms with Crippen molar-refractivity contribution < 1.29 is 0 Å². The maximum absolute atomic E-state index is 2.40. The number of fused-ring (bicyclic) bond motifs is 5. The third-order valence-electron chi connectivity index (χ3n) is 3.98. The number of rotatable bonds is 0. The fourth-order valence-corrected chi connectivity index (χ4v) is 6.39. The minimum atomic E-state index is 0.528. The van der Waals surface area contributed by atoms with Crippen LogP contribution in [0.1, 0.15) is 0 Å². The van der Waals surface area contributed by atoms with Gasteiger partial charge in [0.15, 0.2) is 0 Å². The normalized spacial score (nSPS) is 12.0. The van der Waals surface area contributed by atoms with Crippen LogP contribution in [-0.4, -0.2) is 29.0 Å². The van der Waals surface area contributed by atoms with Gasteiger partial charge in [0, 0.05) is 0 Å². The summed E-state index contributed by atoms with van der Waals surface area (Å²) in [5.74, 6) is 0. The Morgan fingerprint density at radius 1 is 0.500 bits per heavy atom. The van der Waals surface area contributed by atoms with Crippen molar-refractivity contribution >= 4 is 69.8 Å². The van der Waals surface area contributed by atoms with Crippen LogP contribution in [0.3, 0.4) is 0 Å². The molecule has 3 aromatic carbocycles. The molecule has 2 aromatic heterocycles. The van der Waals surface area contributed by atoms with Gasteiger partial charge in [-0.3, -0.25) is 0 Å². The molecule has 0 fully saturated rings. The van der Waals surface area contributed by atoms with Gasteiger partial charge >= 0.3 is 128 Å². The van der Waals surface area contributed by atoms with Gasteiger partial charge in [-0.05, 0) is 0 Å². The molecule has 0 unspecified atom stereocenters. The summed E-state index contributed by atoms with van der Waals surface area (Å²) in [4.78, 5) is 4.65. The van der Waals surface area contributed by atoms with Crippen LogP contribution in [0.2, 0.25) is 0 Å². The van der Waals surface area contributed by atoms with Gasteiger partial charge in [0.2, 0.25) is 0 Å². The molecule has 0 saturated heterocycles. The average molecular weight is 384 g/mol. The van der Waals surface area contributed by atoms with Crippen LogP contribution in [-0.2, 0) is 0 Å². The SMILES string of the molecule is c1cc2cc3cc4ccc5[se]ccc5c4cc3cc2[se]1. The number of benzene rings is 3. The zero-order valence-electron chi connectivity index (χ0n) is 10.6. The average Bonchev–Trinajstić information content (AvgIpc) is 3.10. The van der Waals surface area contributed by atoms with Crippen LogP contribution in [0, 0.1) is 0 Å². The van der Waals surface area contributed by atoms with Crippen LogP contribution < -0.4 is 0 Å². The predicted octanol–water partition coefficient (Wildman–Crippen LogP) is 4.41. The van der Waals surface area contributed by atoms with Crippen molar-refractivity contribution in [3.8, 4) is 0 Å². The Morgan fingerprint density at radius 3 is 2.30 bits per heavy atom. The topological polar surface area (TPSA) is 0 Å². The Bertz CT molecular complexity index is 1090. The zero-order valence-corrected chi connectivity index (χ0v) is 14.0. The molecule has 0 aliphatic heterocycles. The Hall–Kier alpha value is -1.30. The quantitative estimate of drug-likeness (QED) is 0.274. The standard InChI is InChI=1S/C18H10Se2/c1-2-17-15(4-6-19-17)16-9-14-10-18-12(3-5-20-18)8-13(14)7-11(1)16/h1-10H. The van der Waals surface area contributed by atoms with Crippen molar-refractivity contribution in [1.82, 2.24) is 0 Å².